The van der Waals surface area contributed by atoms with Crippen LogP contribution < -0.4 is 15.5 Å². The van der Waals surface area contributed by atoms with Crippen molar-refractivity contribution >= 4 is 16.9 Å². The molecule has 0 unspecified atom stereocenters. The SMILES string of the molecule is O=C([O-])COc1ccc2c3c(c(=O)oc2c1)CCCC3. The molecular formula is C15H13O5-. The zero-order valence-corrected chi connectivity index (χ0v) is 10.8. The summed E-state index contributed by atoms with van der Waals surface area (Å²) in [5.74, 6) is -0.947. The van der Waals surface area contributed by atoms with E-state index in [0.717, 1.165) is 42.2 Å². The van der Waals surface area contributed by atoms with E-state index in [1.807, 2.05) is 6.07 Å². The van der Waals surface area contributed by atoms with Crippen LogP contribution in [0.5, 0.6) is 5.75 Å². The van der Waals surface area contributed by atoms with Gasteiger partial charge in [0.2, 0.25) is 0 Å². The highest BCUT2D eigenvalue weighted by molar-refractivity contribution is 5.83. The Morgan fingerprint density at radius 3 is 2.75 bits per heavy atom. The molecule has 20 heavy (non-hydrogen) atoms. The highest BCUT2D eigenvalue weighted by atomic mass is 16.5. The fraction of sp³-hybridized carbons (Fsp3) is 0.333. The molecule has 1 aromatic carbocycles. The van der Waals surface area contributed by atoms with Gasteiger partial charge in [0, 0.05) is 17.0 Å². The molecule has 0 saturated carbocycles. The van der Waals surface area contributed by atoms with E-state index < -0.39 is 12.6 Å². The second-order valence-corrected chi connectivity index (χ2v) is 4.87. The van der Waals surface area contributed by atoms with Crippen LogP contribution in [0.25, 0.3) is 11.0 Å². The summed E-state index contributed by atoms with van der Waals surface area (Å²) in [5, 5.41) is 11.3. The number of carbonyl (C=O) groups excluding carboxylic acids is 1. The molecule has 0 bridgehead atoms. The molecule has 5 nitrogen and oxygen atoms in total. The molecule has 0 aliphatic heterocycles. The Balaban J connectivity index is 2.07. The molecule has 1 aliphatic carbocycles. The Morgan fingerprint density at radius 1 is 1.25 bits per heavy atom. The third-order valence-corrected chi connectivity index (χ3v) is 3.55. The molecule has 1 aliphatic rings. The number of aliphatic carboxylic acids is 1. The predicted molar refractivity (Wildman–Crippen MR) is 69.6 cm³/mol. The van der Waals surface area contributed by atoms with Gasteiger partial charge in [-0.05, 0) is 43.4 Å². The van der Waals surface area contributed by atoms with Crippen molar-refractivity contribution in [3.8, 4) is 5.75 Å². The van der Waals surface area contributed by atoms with Crippen LogP contribution >= 0.6 is 0 Å². The van der Waals surface area contributed by atoms with Crippen molar-refractivity contribution in [3.05, 3.63) is 39.7 Å². The van der Waals surface area contributed by atoms with Gasteiger partial charge in [-0.25, -0.2) is 4.79 Å². The largest absolute Gasteiger partial charge is 0.546 e. The first-order valence-electron chi connectivity index (χ1n) is 6.56. The number of carboxylic acids is 1. The molecule has 2 aromatic rings. The van der Waals surface area contributed by atoms with E-state index in [1.165, 1.54) is 0 Å². The van der Waals surface area contributed by atoms with Crippen molar-refractivity contribution in [2.75, 3.05) is 6.61 Å². The molecule has 0 N–H and O–H groups in total. The van der Waals surface area contributed by atoms with Crippen LogP contribution in [0.2, 0.25) is 0 Å². The molecule has 3 rings (SSSR count). The van der Waals surface area contributed by atoms with Gasteiger partial charge >= 0.3 is 5.63 Å². The molecular weight excluding hydrogens is 260 g/mol. The van der Waals surface area contributed by atoms with E-state index in [2.05, 4.69) is 0 Å². The van der Waals surface area contributed by atoms with Crippen molar-refractivity contribution in [1.29, 1.82) is 0 Å². The van der Waals surface area contributed by atoms with Gasteiger partial charge in [-0.3, -0.25) is 0 Å². The molecule has 0 saturated heterocycles. The summed E-state index contributed by atoms with van der Waals surface area (Å²) < 4.78 is 10.3. The van der Waals surface area contributed by atoms with E-state index in [4.69, 9.17) is 9.15 Å². The zero-order chi connectivity index (χ0) is 14.1. The molecule has 0 spiro atoms. The van der Waals surface area contributed by atoms with E-state index >= 15 is 0 Å². The summed E-state index contributed by atoms with van der Waals surface area (Å²) in [6.45, 7) is -0.527. The van der Waals surface area contributed by atoms with Crippen molar-refractivity contribution in [1.82, 2.24) is 0 Å². The maximum Gasteiger partial charge on any atom is 0.339 e. The average Bonchev–Trinajstić information content (AvgIpc) is 2.45. The second-order valence-electron chi connectivity index (χ2n) is 4.87. The Kier molecular flexibility index (Phi) is 3.18. The van der Waals surface area contributed by atoms with Crippen LogP contribution in [0, 0.1) is 0 Å². The van der Waals surface area contributed by atoms with Crippen LogP contribution in [0.3, 0.4) is 0 Å². The Labute approximate surface area is 114 Å². The monoisotopic (exact) mass is 273 g/mol. The minimum absolute atomic E-state index is 0.302. The molecule has 1 heterocycles. The second kappa shape index (κ2) is 5.00. The lowest BCUT2D eigenvalue weighted by molar-refractivity contribution is -0.307. The third-order valence-electron chi connectivity index (χ3n) is 3.55. The molecule has 0 amide bonds. The first kappa shape index (κ1) is 12.7. The van der Waals surface area contributed by atoms with Gasteiger partial charge in [-0.15, -0.1) is 0 Å². The molecule has 0 fully saturated rings. The lowest BCUT2D eigenvalue weighted by Gasteiger charge is -2.16. The van der Waals surface area contributed by atoms with E-state index in [9.17, 15) is 14.7 Å². The number of carbonyl (C=O) groups is 1. The van der Waals surface area contributed by atoms with Crippen molar-refractivity contribution in [2.45, 2.75) is 25.7 Å². The number of carboxylic acid groups (broad SMARTS) is 1. The summed E-state index contributed by atoms with van der Waals surface area (Å²) in [6.07, 6.45) is 3.71. The molecule has 0 atom stereocenters. The van der Waals surface area contributed by atoms with Gasteiger partial charge in [0.15, 0.2) is 0 Å². The zero-order valence-electron chi connectivity index (χ0n) is 10.8. The van der Waals surface area contributed by atoms with Crippen LogP contribution in [0.1, 0.15) is 24.0 Å². The molecule has 104 valence electrons. The van der Waals surface area contributed by atoms with Crippen molar-refractivity contribution in [2.24, 2.45) is 0 Å². The average molecular weight is 273 g/mol. The van der Waals surface area contributed by atoms with Crippen LogP contribution in [0.15, 0.2) is 27.4 Å². The third kappa shape index (κ3) is 2.27. The normalized spacial score (nSPS) is 14.0. The number of hydrogen-bond donors (Lipinski definition) is 0. The maximum atomic E-state index is 11.9. The number of aryl methyl sites for hydroxylation is 1. The fourth-order valence-electron chi connectivity index (χ4n) is 2.66. The fourth-order valence-corrected chi connectivity index (χ4v) is 2.66. The molecule has 0 radical (unpaired) electrons. The van der Waals surface area contributed by atoms with E-state index in [1.54, 1.807) is 12.1 Å². The summed E-state index contributed by atoms with van der Waals surface area (Å²) in [4.78, 5) is 22.3. The van der Waals surface area contributed by atoms with Crippen molar-refractivity contribution < 1.29 is 19.1 Å². The Hall–Kier alpha value is -2.30. The maximum absolute atomic E-state index is 11.9. The highest BCUT2D eigenvalue weighted by Gasteiger charge is 2.18. The number of hydrogen-bond acceptors (Lipinski definition) is 5. The van der Waals surface area contributed by atoms with Gasteiger partial charge in [0.25, 0.3) is 0 Å². The topological polar surface area (TPSA) is 79.6 Å². The number of rotatable bonds is 3. The first-order chi connectivity index (χ1) is 9.65. The van der Waals surface area contributed by atoms with Crippen molar-refractivity contribution in [3.63, 3.8) is 0 Å². The van der Waals surface area contributed by atoms with Gasteiger partial charge in [-0.2, -0.15) is 0 Å². The van der Waals surface area contributed by atoms with Gasteiger partial charge in [0.05, 0.1) is 5.97 Å². The smallest absolute Gasteiger partial charge is 0.339 e. The highest BCUT2D eigenvalue weighted by Crippen LogP contribution is 2.28. The number of fused-ring (bicyclic) bond motifs is 3. The number of benzene rings is 1. The lowest BCUT2D eigenvalue weighted by atomic mass is 9.91. The quantitative estimate of drug-likeness (QED) is 0.773. The summed E-state index contributed by atoms with van der Waals surface area (Å²) in [7, 11) is 0. The van der Waals surface area contributed by atoms with E-state index in [-0.39, 0.29) is 5.63 Å². The van der Waals surface area contributed by atoms with Crippen LogP contribution in [-0.4, -0.2) is 12.6 Å². The molecule has 1 aromatic heterocycles. The van der Waals surface area contributed by atoms with Gasteiger partial charge in [-0.1, -0.05) is 0 Å². The van der Waals surface area contributed by atoms with E-state index in [0.29, 0.717) is 11.3 Å². The van der Waals surface area contributed by atoms with Crippen LogP contribution in [-0.2, 0) is 17.6 Å². The Bertz CT molecular complexity index is 729. The summed E-state index contributed by atoms with van der Waals surface area (Å²) in [6, 6.07) is 5.04. The predicted octanol–water partition coefficient (Wildman–Crippen LogP) is 0.801. The van der Waals surface area contributed by atoms with Gasteiger partial charge in [0.1, 0.15) is 17.9 Å². The summed E-state index contributed by atoms with van der Waals surface area (Å²) >= 11 is 0. The van der Waals surface area contributed by atoms with Crippen LogP contribution in [0.4, 0.5) is 0 Å². The Morgan fingerprint density at radius 2 is 2.00 bits per heavy atom. The number of ether oxygens (including phenoxy) is 1. The summed E-state index contributed by atoms with van der Waals surface area (Å²) in [5.41, 5.74) is 1.96. The molecule has 5 heteroatoms. The van der Waals surface area contributed by atoms with Gasteiger partial charge < -0.3 is 19.1 Å². The minimum Gasteiger partial charge on any atom is -0.546 e. The standard InChI is InChI=1S/C15H14O5/c16-14(17)8-19-9-5-6-11-10-3-1-2-4-12(10)15(18)20-13(11)7-9/h5-7H,1-4,8H2,(H,16,17)/p-1. The first-order valence-corrected chi connectivity index (χ1v) is 6.56. The lowest BCUT2D eigenvalue weighted by Crippen LogP contribution is -2.28. The minimum atomic E-state index is -1.29.